The van der Waals surface area contributed by atoms with Crippen LogP contribution in [0.15, 0.2) is 29.2 Å². The number of fused-ring (bicyclic) bond motifs is 1. The van der Waals surface area contributed by atoms with E-state index in [4.69, 9.17) is 14.2 Å². The number of piperidine rings is 1. The van der Waals surface area contributed by atoms with Gasteiger partial charge in [-0.25, -0.2) is 13.4 Å². The average Bonchev–Trinajstić information content (AvgIpc) is 2.92. The molecule has 3 heterocycles. The van der Waals surface area contributed by atoms with Crippen LogP contribution in [0.25, 0.3) is 0 Å². The van der Waals surface area contributed by atoms with Gasteiger partial charge in [0.1, 0.15) is 11.9 Å². The second-order valence-corrected chi connectivity index (χ2v) is 9.24. The van der Waals surface area contributed by atoms with Gasteiger partial charge in [0.05, 0.1) is 24.7 Å². The Balaban J connectivity index is 1.52. The molecule has 2 aliphatic rings. The Hall–Kier alpha value is -2.39. The SMILES string of the molecule is Cc1cc(OC2CCCN(S(=O)(=O)c3ccc4c(c3)OCCCO4)C2)nc(C)n1. The maximum absolute atomic E-state index is 13.2. The van der Waals surface area contributed by atoms with Crippen molar-refractivity contribution in [2.45, 2.75) is 44.1 Å². The fourth-order valence-corrected chi connectivity index (χ4v) is 5.11. The van der Waals surface area contributed by atoms with Crippen LogP contribution in [-0.4, -0.2) is 55.1 Å². The molecule has 156 valence electrons. The third-order valence-corrected chi connectivity index (χ3v) is 6.79. The highest BCUT2D eigenvalue weighted by Crippen LogP contribution is 2.33. The van der Waals surface area contributed by atoms with E-state index in [2.05, 4.69) is 9.97 Å². The molecule has 4 rings (SSSR count). The first kappa shape index (κ1) is 19.9. The van der Waals surface area contributed by atoms with Crippen molar-refractivity contribution in [3.8, 4) is 17.4 Å². The van der Waals surface area contributed by atoms with Gasteiger partial charge in [0.25, 0.3) is 0 Å². The summed E-state index contributed by atoms with van der Waals surface area (Å²) >= 11 is 0. The molecule has 1 aromatic heterocycles. The van der Waals surface area contributed by atoms with Crippen molar-refractivity contribution in [2.75, 3.05) is 26.3 Å². The molecule has 2 aliphatic heterocycles. The van der Waals surface area contributed by atoms with Crippen LogP contribution < -0.4 is 14.2 Å². The Kier molecular flexibility index (Phi) is 5.60. The van der Waals surface area contributed by atoms with E-state index in [0.29, 0.717) is 43.0 Å². The number of nitrogens with zero attached hydrogens (tertiary/aromatic N) is 3. The summed E-state index contributed by atoms with van der Waals surface area (Å²) in [6.07, 6.45) is 2.00. The topological polar surface area (TPSA) is 90.9 Å². The molecule has 0 spiro atoms. The molecular weight excluding hydrogens is 394 g/mol. The molecule has 0 saturated carbocycles. The number of benzene rings is 1. The van der Waals surface area contributed by atoms with E-state index in [1.54, 1.807) is 24.3 Å². The number of aromatic nitrogens is 2. The molecule has 0 amide bonds. The van der Waals surface area contributed by atoms with Gasteiger partial charge in [0.2, 0.25) is 15.9 Å². The van der Waals surface area contributed by atoms with Gasteiger partial charge >= 0.3 is 0 Å². The molecule has 1 atom stereocenters. The summed E-state index contributed by atoms with van der Waals surface area (Å²) in [5, 5.41) is 0. The molecule has 1 saturated heterocycles. The van der Waals surface area contributed by atoms with Crippen LogP contribution in [0.3, 0.4) is 0 Å². The van der Waals surface area contributed by atoms with Crippen LogP contribution in [0.4, 0.5) is 0 Å². The average molecular weight is 420 g/mol. The lowest BCUT2D eigenvalue weighted by Crippen LogP contribution is -2.44. The summed E-state index contributed by atoms with van der Waals surface area (Å²) in [6, 6.07) is 6.56. The van der Waals surface area contributed by atoms with E-state index in [0.717, 1.165) is 25.0 Å². The summed E-state index contributed by atoms with van der Waals surface area (Å²) in [4.78, 5) is 8.75. The second-order valence-electron chi connectivity index (χ2n) is 7.30. The summed E-state index contributed by atoms with van der Waals surface area (Å²) in [5.74, 6) is 2.17. The number of hydrogen-bond donors (Lipinski definition) is 0. The van der Waals surface area contributed by atoms with Crippen molar-refractivity contribution in [1.29, 1.82) is 0 Å². The van der Waals surface area contributed by atoms with Crippen molar-refractivity contribution in [3.63, 3.8) is 0 Å². The maximum atomic E-state index is 13.2. The predicted octanol–water partition coefficient (Wildman–Crippen LogP) is 2.49. The van der Waals surface area contributed by atoms with Gasteiger partial charge in [0, 0.05) is 30.8 Å². The summed E-state index contributed by atoms with van der Waals surface area (Å²) in [6.45, 7) is 5.49. The molecule has 8 nitrogen and oxygen atoms in total. The van der Waals surface area contributed by atoms with Crippen LogP contribution >= 0.6 is 0 Å². The Morgan fingerprint density at radius 1 is 1.07 bits per heavy atom. The minimum Gasteiger partial charge on any atom is -0.490 e. The fourth-order valence-electron chi connectivity index (χ4n) is 3.59. The van der Waals surface area contributed by atoms with E-state index in [-0.39, 0.29) is 17.5 Å². The summed E-state index contributed by atoms with van der Waals surface area (Å²) in [7, 11) is -3.66. The molecule has 0 N–H and O–H groups in total. The molecule has 9 heteroatoms. The molecule has 1 fully saturated rings. The standard InChI is InChI=1S/C20H25N3O5S/c1-14-11-20(22-15(2)21-14)28-16-5-3-8-23(13-16)29(24,25)17-6-7-18-19(12-17)27-10-4-9-26-18/h6-7,11-12,16H,3-5,8-10,13H2,1-2H3. The van der Waals surface area contributed by atoms with Crippen molar-refractivity contribution in [2.24, 2.45) is 0 Å². The quantitative estimate of drug-likeness (QED) is 0.752. The fraction of sp³-hybridized carbons (Fsp3) is 0.500. The minimum absolute atomic E-state index is 0.205. The zero-order valence-corrected chi connectivity index (χ0v) is 17.4. The van der Waals surface area contributed by atoms with Gasteiger partial charge in [-0.15, -0.1) is 0 Å². The molecule has 0 bridgehead atoms. The highest BCUT2D eigenvalue weighted by atomic mass is 32.2. The zero-order valence-electron chi connectivity index (χ0n) is 16.6. The molecule has 29 heavy (non-hydrogen) atoms. The monoisotopic (exact) mass is 419 g/mol. The van der Waals surface area contributed by atoms with Gasteiger partial charge in [-0.05, 0) is 38.8 Å². The van der Waals surface area contributed by atoms with Gasteiger partial charge < -0.3 is 14.2 Å². The Bertz CT molecular complexity index is 975. The van der Waals surface area contributed by atoms with Crippen LogP contribution in [0.1, 0.15) is 30.8 Å². The second kappa shape index (κ2) is 8.16. The lowest BCUT2D eigenvalue weighted by atomic mass is 10.1. The highest BCUT2D eigenvalue weighted by Gasteiger charge is 2.32. The lowest BCUT2D eigenvalue weighted by molar-refractivity contribution is 0.124. The Morgan fingerprint density at radius 3 is 2.66 bits per heavy atom. The summed E-state index contributed by atoms with van der Waals surface area (Å²) < 4.78 is 45.1. The van der Waals surface area contributed by atoms with E-state index in [9.17, 15) is 8.42 Å². The number of sulfonamides is 1. The van der Waals surface area contributed by atoms with Crippen molar-refractivity contribution in [3.05, 3.63) is 35.8 Å². The normalized spacial score (nSPS) is 20.1. The van der Waals surface area contributed by atoms with Gasteiger partial charge in [-0.3, -0.25) is 0 Å². The Morgan fingerprint density at radius 2 is 1.86 bits per heavy atom. The van der Waals surface area contributed by atoms with E-state index < -0.39 is 10.0 Å². The van der Waals surface area contributed by atoms with Crippen molar-refractivity contribution < 1.29 is 22.6 Å². The van der Waals surface area contributed by atoms with Gasteiger partial charge in [-0.1, -0.05) is 0 Å². The molecule has 0 radical (unpaired) electrons. The molecule has 1 unspecified atom stereocenters. The molecule has 2 aromatic rings. The number of aryl methyl sites for hydroxylation is 2. The van der Waals surface area contributed by atoms with Crippen LogP contribution in [0.2, 0.25) is 0 Å². The van der Waals surface area contributed by atoms with E-state index >= 15 is 0 Å². The first-order chi connectivity index (χ1) is 13.9. The number of ether oxygens (including phenoxy) is 3. The first-order valence-corrected chi connectivity index (χ1v) is 11.2. The first-order valence-electron chi connectivity index (χ1n) is 9.80. The van der Waals surface area contributed by atoms with Crippen LogP contribution in [0.5, 0.6) is 17.4 Å². The lowest BCUT2D eigenvalue weighted by Gasteiger charge is -2.32. The smallest absolute Gasteiger partial charge is 0.243 e. The molecular formula is C20H25N3O5S. The van der Waals surface area contributed by atoms with E-state index in [1.165, 1.54) is 4.31 Å². The molecule has 1 aromatic carbocycles. The number of hydrogen-bond acceptors (Lipinski definition) is 7. The van der Waals surface area contributed by atoms with Crippen molar-refractivity contribution in [1.82, 2.24) is 14.3 Å². The third kappa shape index (κ3) is 4.45. The van der Waals surface area contributed by atoms with Crippen molar-refractivity contribution >= 4 is 10.0 Å². The Labute approximate surface area is 170 Å². The molecule has 0 aliphatic carbocycles. The third-order valence-electron chi connectivity index (χ3n) is 4.93. The highest BCUT2D eigenvalue weighted by molar-refractivity contribution is 7.89. The predicted molar refractivity (Wildman–Crippen MR) is 106 cm³/mol. The largest absolute Gasteiger partial charge is 0.490 e. The number of rotatable bonds is 4. The van der Waals surface area contributed by atoms with E-state index in [1.807, 2.05) is 13.8 Å². The maximum Gasteiger partial charge on any atom is 0.243 e. The van der Waals surface area contributed by atoms with Crippen LogP contribution in [-0.2, 0) is 10.0 Å². The van der Waals surface area contributed by atoms with Gasteiger partial charge in [0.15, 0.2) is 11.5 Å². The zero-order chi connectivity index (χ0) is 20.4. The minimum atomic E-state index is -3.66. The van der Waals surface area contributed by atoms with Gasteiger partial charge in [-0.2, -0.15) is 9.29 Å². The van der Waals surface area contributed by atoms with Crippen LogP contribution in [0, 0.1) is 13.8 Å². The summed E-state index contributed by atoms with van der Waals surface area (Å²) in [5.41, 5.74) is 0.819.